The summed E-state index contributed by atoms with van der Waals surface area (Å²) in [4.78, 5) is 4.26. The minimum Gasteiger partial charge on any atom is -0.854 e. The van der Waals surface area contributed by atoms with Crippen LogP contribution in [0.4, 0.5) is 0 Å². The maximum Gasteiger partial charge on any atom is 0.239 e. The first-order chi connectivity index (χ1) is 14.1. The van der Waals surface area contributed by atoms with Crippen LogP contribution in [0.15, 0.2) is 84.9 Å². The van der Waals surface area contributed by atoms with Gasteiger partial charge in [0.2, 0.25) is 16.7 Å². The van der Waals surface area contributed by atoms with Gasteiger partial charge in [-0.05, 0) is 29.3 Å². The maximum absolute atomic E-state index is 12.9. The van der Waals surface area contributed by atoms with Crippen LogP contribution in [0.25, 0.3) is 38.9 Å². The number of fused-ring (bicyclic) bond motifs is 3. The summed E-state index contributed by atoms with van der Waals surface area (Å²) in [5.74, 6) is -0.314. The fraction of sp³-hybridized carbons (Fsp3) is 0. The Morgan fingerprint density at radius 3 is 1.97 bits per heavy atom. The number of benzene rings is 3. The van der Waals surface area contributed by atoms with E-state index in [1.165, 1.54) is 0 Å². The molecule has 0 aliphatic rings. The molecule has 0 N–H and O–H groups in total. The molecule has 5 rings (SSSR count). The molecule has 2 heterocycles. The van der Waals surface area contributed by atoms with Gasteiger partial charge in [-0.2, -0.15) is 4.40 Å². The largest absolute Gasteiger partial charge is 0.854 e. The average molecular weight is 417 g/mol. The Kier molecular flexibility index (Phi) is 4.35. The molecule has 5 heteroatoms. The summed E-state index contributed by atoms with van der Waals surface area (Å²) in [6.07, 6.45) is 0. The van der Waals surface area contributed by atoms with E-state index >= 15 is 0 Å². The van der Waals surface area contributed by atoms with Gasteiger partial charge in [0.1, 0.15) is 5.52 Å². The molecule has 0 saturated carbocycles. The van der Waals surface area contributed by atoms with Gasteiger partial charge >= 0.3 is 0 Å². The van der Waals surface area contributed by atoms with E-state index in [1.807, 2.05) is 71.1 Å². The molecular weight excluding hydrogens is 403 g/mol. The SMILES string of the molecule is [O-]c1nc2cc(Cl)c(Cl)cc2[n+]2c(-c3ccccc3)cc(-c3ccccc3)cc12. The van der Waals surface area contributed by atoms with Gasteiger partial charge in [-0.25, -0.2) is 0 Å². The van der Waals surface area contributed by atoms with Crippen LogP contribution >= 0.6 is 23.2 Å². The molecule has 0 radical (unpaired) electrons. The van der Waals surface area contributed by atoms with Crippen molar-refractivity contribution in [1.29, 1.82) is 0 Å². The molecule has 3 aromatic carbocycles. The lowest BCUT2D eigenvalue weighted by molar-refractivity contribution is -0.474. The highest BCUT2D eigenvalue weighted by atomic mass is 35.5. The molecule has 29 heavy (non-hydrogen) atoms. The molecule has 0 amide bonds. The number of nitrogens with zero attached hydrogens (tertiary/aromatic N) is 2. The van der Waals surface area contributed by atoms with Gasteiger partial charge in [0.15, 0.2) is 0 Å². The third-order valence-corrected chi connectivity index (χ3v) is 5.66. The standard InChI is InChI=1S/C24H14Cl2N2O/c25-18-13-20-22(14-19(18)26)28-21(16-9-5-2-6-10-16)11-17(12-23(28)24(29)27-20)15-7-3-1-4-8-15/h1-14H. The van der Waals surface area contributed by atoms with Gasteiger partial charge < -0.3 is 5.11 Å². The van der Waals surface area contributed by atoms with Crippen LogP contribution in [0.1, 0.15) is 0 Å². The number of aromatic nitrogens is 2. The molecule has 0 aliphatic heterocycles. The van der Waals surface area contributed by atoms with E-state index in [2.05, 4.69) is 11.1 Å². The summed E-state index contributed by atoms with van der Waals surface area (Å²) in [6, 6.07) is 27.3. The zero-order valence-corrected chi connectivity index (χ0v) is 16.7. The molecule has 0 aliphatic carbocycles. The highest BCUT2D eigenvalue weighted by Crippen LogP contribution is 2.31. The first-order valence-electron chi connectivity index (χ1n) is 9.08. The second kappa shape index (κ2) is 7.03. The van der Waals surface area contributed by atoms with Gasteiger partial charge in [0.05, 0.1) is 15.9 Å². The van der Waals surface area contributed by atoms with Gasteiger partial charge in [0.25, 0.3) is 0 Å². The highest BCUT2D eigenvalue weighted by molar-refractivity contribution is 6.42. The molecular formula is C24H14Cl2N2O. The first-order valence-corrected chi connectivity index (χ1v) is 9.84. The van der Waals surface area contributed by atoms with Crippen LogP contribution in [0, 0.1) is 0 Å². The number of pyridine rings is 1. The normalized spacial score (nSPS) is 11.2. The lowest BCUT2D eigenvalue weighted by atomic mass is 10.0. The zero-order valence-electron chi connectivity index (χ0n) is 15.1. The Labute approximate surface area is 177 Å². The van der Waals surface area contributed by atoms with Gasteiger partial charge in [-0.3, -0.25) is 4.98 Å². The Bertz CT molecular complexity index is 1370. The van der Waals surface area contributed by atoms with E-state index in [0.717, 1.165) is 27.9 Å². The van der Waals surface area contributed by atoms with Crippen molar-refractivity contribution in [2.75, 3.05) is 0 Å². The van der Waals surface area contributed by atoms with E-state index in [0.29, 0.717) is 21.1 Å². The Morgan fingerprint density at radius 1 is 0.655 bits per heavy atom. The van der Waals surface area contributed by atoms with E-state index in [-0.39, 0.29) is 5.88 Å². The lowest BCUT2D eigenvalue weighted by Gasteiger charge is -2.12. The lowest BCUT2D eigenvalue weighted by Crippen LogP contribution is -2.28. The van der Waals surface area contributed by atoms with Gasteiger partial charge in [0, 0.05) is 23.8 Å². The molecule has 0 bridgehead atoms. The van der Waals surface area contributed by atoms with Crippen molar-refractivity contribution in [2.24, 2.45) is 0 Å². The van der Waals surface area contributed by atoms with E-state index in [4.69, 9.17) is 23.2 Å². The number of rotatable bonds is 2. The van der Waals surface area contributed by atoms with Gasteiger partial charge in [-0.15, -0.1) is 0 Å². The fourth-order valence-electron chi connectivity index (χ4n) is 3.59. The topological polar surface area (TPSA) is 40.1 Å². The first kappa shape index (κ1) is 17.9. The predicted octanol–water partition coefficient (Wildman–Crippen LogP) is 5.69. The molecule has 3 nitrogen and oxygen atoms in total. The van der Waals surface area contributed by atoms with E-state index < -0.39 is 0 Å². The average Bonchev–Trinajstić information content (AvgIpc) is 2.76. The van der Waals surface area contributed by atoms with Crippen LogP contribution in [-0.2, 0) is 0 Å². The summed E-state index contributed by atoms with van der Waals surface area (Å²) in [5.41, 5.74) is 5.56. The third kappa shape index (κ3) is 3.09. The number of hydrogen-bond donors (Lipinski definition) is 0. The third-order valence-electron chi connectivity index (χ3n) is 4.94. The molecule has 0 saturated heterocycles. The van der Waals surface area contributed by atoms with Crippen molar-refractivity contribution in [1.82, 2.24) is 4.98 Å². The molecule has 0 unspecified atom stereocenters. The smallest absolute Gasteiger partial charge is 0.239 e. The molecule has 0 spiro atoms. The van der Waals surface area contributed by atoms with Crippen LogP contribution in [0.2, 0.25) is 10.0 Å². The van der Waals surface area contributed by atoms with E-state index in [1.54, 1.807) is 12.1 Å². The molecule has 140 valence electrons. The van der Waals surface area contributed by atoms with Crippen molar-refractivity contribution in [3.8, 4) is 28.3 Å². The van der Waals surface area contributed by atoms with Crippen LogP contribution in [0.3, 0.4) is 0 Å². The minimum atomic E-state index is -0.314. The summed E-state index contributed by atoms with van der Waals surface area (Å²) in [5, 5.41) is 13.7. The summed E-state index contributed by atoms with van der Waals surface area (Å²) >= 11 is 12.5. The zero-order chi connectivity index (χ0) is 20.0. The van der Waals surface area contributed by atoms with Gasteiger partial charge in [-0.1, -0.05) is 71.7 Å². The fourth-order valence-corrected chi connectivity index (χ4v) is 3.91. The minimum absolute atomic E-state index is 0.314. The Balaban J connectivity index is 1.97. The summed E-state index contributed by atoms with van der Waals surface area (Å²) in [6.45, 7) is 0. The van der Waals surface area contributed by atoms with Crippen LogP contribution in [-0.4, -0.2) is 4.98 Å². The maximum atomic E-state index is 12.9. The number of halogens is 2. The predicted molar refractivity (Wildman–Crippen MR) is 115 cm³/mol. The van der Waals surface area contributed by atoms with Crippen molar-refractivity contribution < 1.29 is 9.51 Å². The Hall–Kier alpha value is -3.14. The number of hydrogen-bond acceptors (Lipinski definition) is 2. The molecule has 0 atom stereocenters. The quantitative estimate of drug-likeness (QED) is 0.274. The summed E-state index contributed by atoms with van der Waals surface area (Å²) in [7, 11) is 0. The summed E-state index contributed by atoms with van der Waals surface area (Å²) < 4.78 is 1.91. The molecule has 5 aromatic rings. The van der Waals surface area contributed by atoms with Crippen molar-refractivity contribution in [2.45, 2.75) is 0 Å². The van der Waals surface area contributed by atoms with Crippen molar-refractivity contribution >= 4 is 39.8 Å². The van der Waals surface area contributed by atoms with Crippen molar-refractivity contribution in [3.05, 3.63) is 95.0 Å². The van der Waals surface area contributed by atoms with Crippen LogP contribution in [0.5, 0.6) is 5.88 Å². The second-order valence-corrected chi connectivity index (χ2v) is 7.57. The molecule has 0 fully saturated rings. The Morgan fingerprint density at radius 2 is 1.28 bits per heavy atom. The van der Waals surface area contributed by atoms with E-state index in [9.17, 15) is 5.11 Å². The van der Waals surface area contributed by atoms with Crippen LogP contribution < -0.4 is 9.51 Å². The van der Waals surface area contributed by atoms with Crippen molar-refractivity contribution in [3.63, 3.8) is 0 Å². The highest BCUT2D eigenvalue weighted by Gasteiger charge is 2.21. The second-order valence-electron chi connectivity index (χ2n) is 6.75. The monoisotopic (exact) mass is 416 g/mol. The molecule has 2 aromatic heterocycles.